The molecular formula is C12H7BrF3NO4. The van der Waals surface area contributed by atoms with Crippen molar-refractivity contribution in [3.05, 3.63) is 33.9 Å². The van der Waals surface area contributed by atoms with E-state index in [2.05, 4.69) is 20.7 Å². The predicted octanol–water partition coefficient (Wildman–Crippen LogP) is 3.74. The van der Waals surface area contributed by atoms with Gasteiger partial charge in [0.25, 0.3) is 0 Å². The number of alkyl halides is 3. The van der Waals surface area contributed by atoms with E-state index >= 15 is 0 Å². The highest BCUT2D eigenvalue weighted by Gasteiger charge is 2.37. The molecule has 9 heteroatoms. The first-order chi connectivity index (χ1) is 9.66. The van der Waals surface area contributed by atoms with Gasteiger partial charge in [0.2, 0.25) is 0 Å². The van der Waals surface area contributed by atoms with Crippen LogP contribution in [0.4, 0.5) is 18.0 Å². The molecule has 1 heterocycles. The smallest absolute Gasteiger partial charge is 0.432 e. The molecule has 1 N–H and O–H groups in total. The maximum Gasteiger partial charge on any atom is 0.432 e. The predicted molar refractivity (Wildman–Crippen MR) is 69.4 cm³/mol. The number of carbonyl (C=O) groups is 2. The summed E-state index contributed by atoms with van der Waals surface area (Å²) in [4.78, 5) is 22.6. The summed E-state index contributed by atoms with van der Waals surface area (Å²) < 4.78 is 43.5. The van der Waals surface area contributed by atoms with E-state index in [9.17, 15) is 22.8 Å². The van der Waals surface area contributed by atoms with Gasteiger partial charge in [-0.15, -0.1) is 0 Å². The Hall–Kier alpha value is -2.03. The Kier molecular flexibility index (Phi) is 3.70. The summed E-state index contributed by atoms with van der Waals surface area (Å²) in [5.41, 5.74) is -1.66. The van der Waals surface area contributed by atoms with Gasteiger partial charge in [0.05, 0.1) is 18.2 Å². The molecule has 0 saturated carbocycles. The van der Waals surface area contributed by atoms with Crippen molar-refractivity contribution in [2.45, 2.75) is 6.18 Å². The molecular weight excluding hydrogens is 359 g/mol. The maximum absolute atomic E-state index is 12.9. The summed E-state index contributed by atoms with van der Waals surface area (Å²) in [6.45, 7) is 0. The van der Waals surface area contributed by atoms with Gasteiger partial charge in [0.15, 0.2) is 0 Å². The number of fused-ring (bicyclic) bond motifs is 1. The zero-order valence-corrected chi connectivity index (χ0v) is 11.9. The van der Waals surface area contributed by atoms with Crippen LogP contribution < -0.4 is 0 Å². The van der Waals surface area contributed by atoms with Crippen molar-refractivity contribution >= 4 is 38.9 Å². The molecule has 0 unspecified atom stereocenters. The van der Waals surface area contributed by atoms with E-state index in [1.165, 1.54) is 6.07 Å². The number of carboxylic acid groups (broad SMARTS) is 1. The summed E-state index contributed by atoms with van der Waals surface area (Å²) in [6.07, 6.45) is -6.64. The molecule has 0 aliphatic heterocycles. The Bertz CT molecular complexity index is 751. The van der Waals surface area contributed by atoms with Gasteiger partial charge >= 0.3 is 18.2 Å². The maximum atomic E-state index is 12.9. The van der Waals surface area contributed by atoms with E-state index < -0.39 is 23.9 Å². The molecule has 0 atom stereocenters. The molecule has 2 rings (SSSR count). The lowest BCUT2D eigenvalue weighted by atomic mass is 10.1. The largest absolute Gasteiger partial charge is 0.465 e. The number of hydrogen-bond acceptors (Lipinski definition) is 3. The number of hydrogen-bond donors (Lipinski definition) is 1. The van der Waals surface area contributed by atoms with Gasteiger partial charge in [-0.2, -0.15) is 13.2 Å². The van der Waals surface area contributed by atoms with Gasteiger partial charge in [0, 0.05) is 9.86 Å². The zero-order valence-electron chi connectivity index (χ0n) is 10.4. The second-order valence-corrected chi connectivity index (χ2v) is 4.88. The van der Waals surface area contributed by atoms with E-state index in [-0.39, 0.29) is 25.5 Å². The number of benzene rings is 1. The topological polar surface area (TPSA) is 68.5 Å². The SMILES string of the molecule is COC(=O)c1cc(Br)c2cc(C(F)(F)F)n(C(=O)O)c2c1. The highest BCUT2D eigenvalue weighted by molar-refractivity contribution is 9.10. The first kappa shape index (κ1) is 15.4. The van der Waals surface area contributed by atoms with Crippen molar-refractivity contribution in [2.75, 3.05) is 7.11 Å². The normalized spacial score (nSPS) is 11.7. The molecule has 112 valence electrons. The van der Waals surface area contributed by atoms with E-state index in [1.54, 1.807) is 0 Å². The lowest BCUT2D eigenvalue weighted by Gasteiger charge is -2.08. The Morgan fingerprint density at radius 1 is 1.29 bits per heavy atom. The second-order valence-electron chi connectivity index (χ2n) is 4.03. The minimum absolute atomic E-state index is 0.0254. The molecule has 0 saturated heterocycles. The van der Waals surface area contributed by atoms with Gasteiger partial charge < -0.3 is 9.84 Å². The molecule has 21 heavy (non-hydrogen) atoms. The summed E-state index contributed by atoms with van der Waals surface area (Å²) in [7, 11) is 1.11. The number of carbonyl (C=O) groups excluding carboxylic acids is 1. The minimum atomic E-state index is -4.84. The van der Waals surface area contributed by atoms with Crippen molar-refractivity contribution in [3.8, 4) is 0 Å². The molecule has 1 aromatic heterocycles. The molecule has 0 spiro atoms. The van der Waals surface area contributed by atoms with Crippen LogP contribution >= 0.6 is 15.9 Å². The summed E-state index contributed by atoms with van der Waals surface area (Å²) in [5.74, 6) is -0.788. The van der Waals surface area contributed by atoms with Crippen LogP contribution in [0.1, 0.15) is 16.1 Å². The summed E-state index contributed by atoms with van der Waals surface area (Å²) in [6, 6.07) is 3.00. The average molecular weight is 366 g/mol. The molecule has 0 bridgehead atoms. The molecule has 0 aliphatic carbocycles. The summed E-state index contributed by atoms with van der Waals surface area (Å²) >= 11 is 3.03. The number of aromatic nitrogens is 1. The van der Waals surface area contributed by atoms with Crippen molar-refractivity contribution in [2.24, 2.45) is 0 Å². The number of methoxy groups -OCH3 is 1. The van der Waals surface area contributed by atoms with Crippen LogP contribution in [-0.2, 0) is 10.9 Å². The second kappa shape index (κ2) is 5.06. The first-order valence-corrected chi connectivity index (χ1v) is 6.20. The van der Waals surface area contributed by atoms with Crippen LogP contribution in [0.3, 0.4) is 0 Å². The molecule has 0 fully saturated rings. The fourth-order valence-electron chi connectivity index (χ4n) is 1.91. The number of esters is 1. The highest BCUT2D eigenvalue weighted by atomic mass is 79.9. The van der Waals surface area contributed by atoms with E-state index in [1.807, 2.05) is 0 Å². The Labute approximate surface area is 124 Å². The van der Waals surface area contributed by atoms with Crippen LogP contribution in [0.15, 0.2) is 22.7 Å². The number of nitrogens with zero attached hydrogens (tertiary/aromatic N) is 1. The number of rotatable bonds is 1. The van der Waals surface area contributed by atoms with Gasteiger partial charge in [-0.05, 0) is 18.2 Å². The van der Waals surface area contributed by atoms with Crippen molar-refractivity contribution in [1.29, 1.82) is 0 Å². The number of halogens is 4. The molecule has 1 aromatic carbocycles. The van der Waals surface area contributed by atoms with Crippen LogP contribution in [-0.4, -0.2) is 28.8 Å². The molecule has 0 amide bonds. The molecule has 2 aromatic rings. The highest BCUT2D eigenvalue weighted by Crippen LogP contribution is 2.37. The third kappa shape index (κ3) is 2.60. The van der Waals surface area contributed by atoms with E-state index in [0.29, 0.717) is 6.07 Å². The minimum Gasteiger partial charge on any atom is -0.465 e. The van der Waals surface area contributed by atoms with Gasteiger partial charge in [0.1, 0.15) is 5.69 Å². The zero-order chi connectivity index (χ0) is 15.9. The van der Waals surface area contributed by atoms with Crippen LogP contribution in [0.2, 0.25) is 0 Å². The van der Waals surface area contributed by atoms with E-state index in [4.69, 9.17) is 5.11 Å². The first-order valence-electron chi connectivity index (χ1n) is 5.40. The van der Waals surface area contributed by atoms with Gasteiger partial charge in [-0.1, -0.05) is 15.9 Å². The van der Waals surface area contributed by atoms with Crippen LogP contribution in [0.5, 0.6) is 0 Å². The van der Waals surface area contributed by atoms with E-state index in [0.717, 1.165) is 13.2 Å². The lowest BCUT2D eigenvalue weighted by molar-refractivity contribution is -0.142. The fourth-order valence-corrected chi connectivity index (χ4v) is 2.48. The number of ether oxygens (including phenoxy) is 1. The average Bonchev–Trinajstić information content (AvgIpc) is 2.77. The van der Waals surface area contributed by atoms with Crippen molar-refractivity contribution < 1.29 is 32.6 Å². The van der Waals surface area contributed by atoms with Gasteiger partial charge in [-0.3, -0.25) is 0 Å². The fraction of sp³-hybridized carbons (Fsp3) is 0.167. The van der Waals surface area contributed by atoms with Crippen LogP contribution in [0.25, 0.3) is 10.9 Å². The Morgan fingerprint density at radius 3 is 2.38 bits per heavy atom. The van der Waals surface area contributed by atoms with Crippen molar-refractivity contribution in [3.63, 3.8) is 0 Å². The molecule has 0 aliphatic rings. The summed E-state index contributed by atoms with van der Waals surface area (Å²) in [5, 5.41) is 9.05. The lowest BCUT2D eigenvalue weighted by Crippen LogP contribution is -2.18. The third-order valence-electron chi connectivity index (χ3n) is 2.77. The third-order valence-corrected chi connectivity index (χ3v) is 3.43. The Morgan fingerprint density at radius 2 is 1.90 bits per heavy atom. The standard InChI is InChI=1S/C12H7BrF3NO4/c1-21-10(18)5-2-7(13)6-4-9(12(14,15)16)17(11(19)20)8(6)3-5/h2-4H,1H3,(H,19,20). The molecule has 5 nitrogen and oxygen atoms in total. The quantitative estimate of drug-likeness (QED) is 0.781. The van der Waals surface area contributed by atoms with Gasteiger partial charge in [-0.25, -0.2) is 14.2 Å². The Balaban J connectivity index is 2.87. The molecule has 0 radical (unpaired) electrons. The monoisotopic (exact) mass is 365 g/mol. The van der Waals surface area contributed by atoms with Crippen LogP contribution in [0, 0.1) is 0 Å². The van der Waals surface area contributed by atoms with Crippen molar-refractivity contribution in [1.82, 2.24) is 4.57 Å².